The van der Waals surface area contributed by atoms with Crippen molar-refractivity contribution in [1.29, 1.82) is 0 Å². The zero-order chi connectivity index (χ0) is 14.5. The number of nitrogens with one attached hydrogen (secondary N) is 2. The number of hydrogen-bond acceptors (Lipinski definition) is 5. The summed E-state index contributed by atoms with van der Waals surface area (Å²) in [5, 5.41) is 4.45. The van der Waals surface area contributed by atoms with Gasteiger partial charge in [0.2, 0.25) is 17.8 Å². The maximum absolute atomic E-state index is 12.0. The Morgan fingerprint density at radius 3 is 2.53 bits per heavy atom. The number of nitrogens with zero attached hydrogens (tertiary/aromatic N) is 1. The van der Waals surface area contributed by atoms with Crippen molar-refractivity contribution in [2.75, 3.05) is 13.1 Å². The molecule has 0 fully saturated rings. The third-order valence-electron chi connectivity index (χ3n) is 2.94. The van der Waals surface area contributed by atoms with Crippen LogP contribution in [0.1, 0.15) is 19.3 Å². The van der Waals surface area contributed by atoms with Crippen molar-refractivity contribution in [2.24, 2.45) is 27.6 Å². The van der Waals surface area contributed by atoms with Crippen molar-refractivity contribution in [3.05, 3.63) is 0 Å². The molecule has 0 saturated heterocycles. The van der Waals surface area contributed by atoms with Crippen LogP contribution in [-0.2, 0) is 9.59 Å². The minimum Gasteiger partial charge on any atom is -0.369 e. The first-order valence-corrected chi connectivity index (χ1v) is 5.84. The van der Waals surface area contributed by atoms with E-state index >= 15 is 0 Å². The Morgan fingerprint density at radius 2 is 2.05 bits per heavy atom. The van der Waals surface area contributed by atoms with Crippen LogP contribution in [-0.4, -0.2) is 36.9 Å². The van der Waals surface area contributed by atoms with Gasteiger partial charge in [0, 0.05) is 0 Å². The number of urea groups is 1. The Morgan fingerprint density at radius 1 is 1.37 bits per heavy atom. The molecule has 0 aromatic rings. The fourth-order valence-corrected chi connectivity index (χ4v) is 1.82. The van der Waals surface area contributed by atoms with Crippen molar-refractivity contribution in [3.63, 3.8) is 0 Å². The number of aliphatic imine (C=N–C) groups is 1. The van der Waals surface area contributed by atoms with Crippen LogP contribution in [0.2, 0.25) is 0 Å². The number of rotatable bonds is 5. The van der Waals surface area contributed by atoms with Crippen LogP contribution in [0.4, 0.5) is 4.79 Å². The molecule has 0 aromatic carbocycles. The molecule has 0 radical (unpaired) electrons. The largest absolute Gasteiger partial charge is 0.369 e. The summed E-state index contributed by atoms with van der Waals surface area (Å²) in [5.41, 5.74) is 14.2. The van der Waals surface area contributed by atoms with Crippen LogP contribution < -0.4 is 27.8 Å². The molecule has 0 saturated carbocycles. The number of nitrogens with two attached hydrogens (primary N) is 3. The van der Waals surface area contributed by atoms with Gasteiger partial charge in [0.05, 0.1) is 6.54 Å². The summed E-state index contributed by atoms with van der Waals surface area (Å²) in [6.45, 7) is 0.350. The number of amides is 4. The monoisotopic (exact) mass is 270 g/mol. The van der Waals surface area contributed by atoms with Crippen LogP contribution in [0.5, 0.6) is 0 Å². The SMILES string of the molecule is NCCCC[C@@]1(C(N)=O)CN=C(NC(N)=O)NC1=O. The molecule has 4 amide bonds. The zero-order valence-corrected chi connectivity index (χ0v) is 10.4. The zero-order valence-electron chi connectivity index (χ0n) is 10.4. The summed E-state index contributed by atoms with van der Waals surface area (Å²) in [7, 11) is 0. The molecule has 106 valence electrons. The Hall–Kier alpha value is -2.16. The number of carbonyl (C=O) groups excluding carboxylic acids is 3. The Balaban J connectivity index is 2.83. The van der Waals surface area contributed by atoms with Crippen molar-refractivity contribution >= 4 is 23.8 Å². The van der Waals surface area contributed by atoms with Gasteiger partial charge < -0.3 is 17.2 Å². The smallest absolute Gasteiger partial charge is 0.318 e. The second-order valence-corrected chi connectivity index (χ2v) is 4.30. The Labute approximate surface area is 110 Å². The lowest BCUT2D eigenvalue weighted by Crippen LogP contribution is -2.59. The van der Waals surface area contributed by atoms with Crippen molar-refractivity contribution in [3.8, 4) is 0 Å². The van der Waals surface area contributed by atoms with Gasteiger partial charge in [-0.15, -0.1) is 0 Å². The molecule has 9 heteroatoms. The van der Waals surface area contributed by atoms with Gasteiger partial charge in [-0.25, -0.2) is 4.79 Å². The highest BCUT2D eigenvalue weighted by Crippen LogP contribution is 2.27. The minimum atomic E-state index is -1.39. The van der Waals surface area contributed by atoms with E-state index in [0.717, 1.165) is 0 Å². The van der Waals surface area contributed by atoms with E-state index in [2.05, 4.69) is 15.6 Å². The second-order valence-electron chi connectivity index (χ2n) is 4.30. The van der Waals surface area contributed by atoms with Crippen LogP contribution in [0, 0.1) is 5.41 Å². The average molecular weight is 270 g/mol. The first kappa shape index (κ1) is 14.9. The second kappa shape index (κ2) is 6.14. The first-order valence-electron chi connectivity index (χ1n) is 5.84. The molecule has 0 bridgehead atoms. The molecule has 0 aliphatic carbocycles. The molecule has 1 aliphatic heterocycles. The fourth-order valence-electron chi connectivity index (χ4n) is 1.82. The third-order valence-corrected chi connectivity index (χ3v) is 2.94. The quantitative estimate of drug-likeness (QED) is 0.281. The van der Waals surface area contributed by atoms with E-state index < -0.39 is 23.3 Å². The van der Waals surface area contributed by atoms with E-state index in [1.165, 1.54) is 0 Å². The third kappa shape index (κ3) is 3.41. The fraction of sp³-hybridized carbons (Fsp3) is 0.600. The molecule has 8 N–H and O–H groups in total. The van der Waals surface area contributed by atoms with Crippen LogP contribution in [0.3, 0.4) is 0 Å². The maximum Gasteiger partial charge on any atom is 0.318 e. The number of carbonyl (C=O) groups is 3. The van der Waals surface area contributed by atoms with E-state index in [9.17, 15) is 14.4 Å². The normalized spacial score (nSPS) is 22.4. The van der Waals surface area contributed by atoms with Gasteiger partial charge >= 0.3 is 6.03 Å². The minimum absolute atomic E-state index is 0.0757. The Bertz CT molecular complexity index is 421. The van der Waals surface area contributed by atoms with Gasteiger partial charge in [-0.3, -0.25) is 25.2 Å². The lowest BCUT2D eigenvalue weighted by molar-refractivity contribution is -0.141. The molecule has 0 spiro atoms. The average Bonchev–Trinajstić information content (AvgIpc) is 2.31. The summed E-state index contributed by atoms with van der Waals surface area (Å²) >= 11 is 0. The van der Waals surface area contributed by atoms with Gasteiger partial charge in [-0.05, 0) is 19.4 Å². The lowest BCUT2D eigenvalue weighted by atomic mass is 9.80. The Kier molecular flexibility index (Phi) is 4.81. The van der Waals surface area contributed by atoms with Gasteiger partial charge in [-0.2, -0.15) is 0 Å². The number of guanidine groups is 1. The molecule has 9 nitrogen and oxygen atoms in total. The topological polar surface area (TPSA) is 166 Å². The molecule has 1 heterocycles. The van der Waals surface area contributed by atoms with Gasteiger partial charge in [-0.1, -0.05) is 6.42 Å². The van der Waals surface area contributed by atoms with Gasteiger partial charge in [0.15, 0.2) is 0 Å². The molecule has 1 aliphatic rings. The highest BCUT2D eigenvalue weighted by Gasteiger charge is 2.46. The summed E-state index contributed by atoms with van der Waals surface area (Å²) in [6.07, 6.45) is 1.53. The van der Waals surface area contributed by atoms with Crippen LogP contribution in [0.25, 0.3) is 0 Å². The van der Waals surface area contributed by atoms with E-state index in [4.69, 9.17) is 17.2 Å². The number of unbranched alkanes of at least 4 members (excludes halogenated alkanes) is 1. The van der Waals surface area contributed by atoms with Crippen molar-refractivity contribution in [1.82, 2.24) is 10.6 Å². The number of hydrogen-bond donors (Lipinski definition) is 5. The first-order chi connectivity index (χ1) is 8.92. The summed E-state index contributed by atoms with van der Waals surface area (Å²) in [6, 6.07) is -0.853. The molecule has 19 heavy (non-hydrogen) atoms. The molecular weight excluding hydrogens is 252 g/mol. The summed E-state index contributed by atoms with van der Waals surface area (Å²) in [4.78, 5) is 38.2. The standard InChI is InChI=1S/C10H18N6O3/c11-4-2-1-3-10(6(12)17)5-14-9(15-7(10)18)16-8(13)19/h1-5,11H2,(H2,12,17)(H4,13,14,15,16,18,19)/t10-/m0/s1. The van der Waals surface area contributed by atoms with E-state index in [-0.39, 0.29) is 18.9 Å². The van der Waals surface area contributed by atoms with E-state index in [1.807, 2.05) is 0 Å². The molecule has 0 unspecified atom stereocenters. The predicted molar refractivity (Wildman–Crippen MR) is 67.7 cm³/mol. The van der Waals surface area contributed by atoms with Gasteiger partial charge in [0.1, 0.15) is 5.41 Å². The summed E-state index contributed by atoms with van der Waals surface area (Å²) < 4.78 is 0. The van der Waals surface area contributed by atoms with Crippen LogP contribution >= 0.6 is 0 Å². The number of primary amides is 2. The lowest BCUT2D eigenvalue weighted by Gasteiger charge is -2.31. The predicted octanol–water partition coefficient (Wildman–Crippen LogP) is -2.26. The van der Waals surface area contributed by atoms with Crippen molar-refractivity contribution < 1.29 is 14.4 Å². The highest BCUT2D eigenvalue weighted by atomic mass is 16.2. The van der Waals surface area contributed by atoms with E-state index in [0.29, 0.717) is 19.4 Å². The molecular formula is C10H18N6O3. The molecule has 0 aromatic heterocycles. The molecule has 1 atom stereocenters. The van der Waals surface area contributed by atoms with E-state index in [1.54, 1.807) is 0 Å². The van der Waals surface area contributed by atoms with Gasteiger partial charge in [0.25, 0.3) is 0 Å². The van der Waals surface area contributed by atoms with Crippen molar-refractivity contribution in [2.45, 2.75) is 19.3 Å². The van der Waals surface area contributed by atoms with Crippen LogP contribution in [0.15, 0.2) is 4.99 Å². The highest BCUT2D eigenvalue weighted by molar-refractivity contribution is 6.14. The maximum atomic E-state index is 12.0. The molecule has 1 rings (SSSR count). The summed E-state index contributed by atoms with van der Waals surface area (Å²) in [5.74, 6) is -1.41.